The van der Waals surface area contributed by atoms with E-state index >= 15 is 8.78 Å². The van der Waals surface area contributed by atoms with E-state index < -0.39 is 59.5 Å². The smallest absolute Gasteiger partial charge is 0.408 e. The van der Waals surface area contributed by atoms with Crippen molar-refractivity contribution in [3.63, 3.8) is 0 Å². The van der Waals surface area contributed by atoms with Crippen LogP contribution >= 0.6 is 0 Å². The third kappa shape index (κ3) is 6.47. The largest absolute Gasteiger partial charge is 0.472 e. The Kier molecular flexibility index (Phi) is 8.58. The third-order valence-corrected chi connectivity index (χ3v) is 9.68. The Bertz CT molecular complexity index is 1550. The number of Topliss-reactive ketones (excluding diaryl/α,β-unsaturated/α-hetero) is 1. The van der Waals surface area contributed by atoms with Crippen molar-refractivity contribution in [1.82, 2.24) is 15.2 Å². The topological polar surface area (TPSA) is 122 Å². The molecule has 3 heterocycles. The van der Waals surface area contributed by atoms with Gasteiger partial charge in [-0.05, 0) is 63.1 Å². The second-order valence-corrected chi connectivity index (χ2v) is 14.1. The van der Waals surface area contributed by atoms with Crippen LogP contribution in [0.3, 0.4) is 0 Å². The molecule has 2 aliphatic heterocycles. The van der Waals surface area contributed by atoms with E-state index in [1.807, 2.05) is 34.6 Å². The molecule has 1 saturated carbocycles. The predicted octanol–water partition coefficient (Wildman–Crippen LogP) is 6.27. The molecule has 1 aromatic heterocycles. The number of nitriles is 1. The number of amides is 2. The van der Waals surface area contributed by atoms with Gasteiger partial charge in [0.25, 0.3) is 5.92 Å². The van der Waals surface area contributed by atoms with Gasteiger partial charge in [0.05, 0.1) is 35.3 Å². The molecule has 0 spiro atoms. The van der Waals surface area contributed by atoms with Crippen molar-refractivity contribution in [2.75, 3.05) is 6.54 Å². The van der Waals surface area contributed by atoms with Gasteiger partial charge in [0.15, 0.2) is 5.78 Å². The summed E-state index contributed by atoms with van der Waals surface area (Å²) in [5, 5.41) is 12.6. The van der Waals surface area contributed by atoms with Gasteiger partial charge in [-0.15, -0.1) is 0 Å². The normalized spacial score (nSPS) is 30.5. The van der Waals surface area contributed by atoms with Crippen molar-refractivity contribution in [2.45, 2.75) is 110 Å². The van der Waals surface area contributed by atoms with Crippen LogP contribution in [-0.4, -0.2) is 58.0 Å². The third-order valence-electron chi connectivity index (χ3n) is 9.68. The van der Waals surface area contributed by atoms with Crippen LogP contribution in [0.15, 0.2) is 24.3 Å². The Hall–Kier alpha value is -3.81. The SMILES string of the molecule is CC[C@@H]1[C@@H]2CN(C(=O)[C@H](C(C)(C)C)NC(=O)O[C@]3(C)C[C@H]3CCCCC(F)(F)c3cc4ccc(C#N)cc4nc3O2)[C@@H]1C(C)=O. The lowest BCUT2D eigenvalue weighted by molar-refractivity contribution is -0.141. The van der Waals surface area contributed by atoms with Crippen molar-refractivity contribution in [3.05, 3.63) is 35.4 Å². The van der Waals surface area contributed by atoms with Gasteiger partial charge in [-0.1, -0.05) is 40.2 Å². The summed E-state index contributed by atoms with van der Waals surface area (Å²) in [4.78, 5) is 46.3. The number of ether oxygens (including phenoxy) is 2. The molecule has 9 nitrogen and oxygen atoms in total. The van der Waals surface area contributed by atoms with Crippen molar-refractivity contribution in [2.24, 2.45) is 17.3 Å². The molecule has 1 aliphatic carbocycles. The van der Waals surface area contributed by atoms with Gasteiger partial charge in [-0.25, -0.2) is 18.6 Å². The van der Waals surface area contributed by atoms with Crippen LogP contribution in [0.25, 0.3) is 10.9 Å². The maximum atomic E-state index is 16.0. The quantitative estimate of drug-likeness (QED) is 0.418. The molecule has 11 heteroatoms. The molecule has 5 rings (SSSR count). The molecule has 2 bridgehead atoms. The lowest BCUT2D eigenvalue weighted by Gasteiger charge is -2.35. The lowest BCUT2D eigenvalue weighted by atomic mass is 9.85. The molecular weight excluding hydrogens is 582 g/mol. The number of pyridine rings is 1. The Balaban J connectivity index is 1.61. The molecule has 2 amide bonds. The van der Waals surface area contributed by atoms with Crippen LogP contribution in [0.5, 0.6) is 5.88 Å². The number of alkyl carbamates (subject to hydrolysis) is 1. The summed E-state index contributed by atoms with van der Waals surface area (Å²) < 4.78 is 44.2. The van der Waals surface area contributed by atoms with E-state index in [9.17, 15) is 19.6 Å². The summed E-state index contributed by atoms with van der Waals surface area (Å²) >= 11 is 0. The first-order chi connectivity index (χ1) is 21.1. The number of fused-ring (bicyclic) bond motifs is 5. The first kappa shape index (κ1) is 32.6. The van der Waals surface area contributed by atoms with E-state index in [4.69, 9.17) is 9.47 Å². The van der Waals surface area contributed by atoms with Crippen molar-refractivity contribution < 1.29 is 32.6 Å². The Labute approximate surface area is 262 Å². The van der Waals surface area contributed by atoms with Crippen LogP contribution in [0.4, 0.5) is 13.6 Å². The van der Waals surface area contributed by atoms with E-state index in [1.54, 1.807) is 12.1 Å². The number of rotatable bonds is 2. The van der Waals surface area contributed by atoms with Crippen LogP contribution in [-0.2, 0) is 20.2 Å². The number of benzene rings is 1. The summed E-state index contributed by atoms with van der Waals surface area (Å²) in [5.41, 5.74) is -1.18. The van der Waals surface area contributed by atoms with Gasteiger partial charge in [-0.2, -0.15) is 5.26 Å². The fraction of sp³-hybridized carbons (Fsp3) is 0.618. The van der Waals surface area contributed by atoms with Gasteiger partial charge in [0, 0.05) is 23.6 Å². The van der Waals surface area contributed by atoms with E-state index in [-0.39, 0.29) is 36.1 Å². The number of carbonyl (C=O) groups is 3. The highest BCUT2D eigenvalue weighted by atomic mass is 19.3. The number of halogens is 2. The van der Waals surface area contributed by atoms with Gasteiger partial charge in [-0.3, -0.25) is 9.59 Å². The average Bonchev–Trinajstić information content (AvgIpc) is 3.44. The summed E-state index contributed by atoms with van der Waals surface area (Å²) in [6.45, 7) is 10.5. The van der Waals surface area contributed by atoms with Gasteiger partial charge in [0.2, 0.25) is 11.8 Å². The minimum absolute atomic E-state index is 0.0295. The minimum Gasteiger partial charge on any atom is -0.472 e. The number of alkyl halides is 2. The van der Waals surface area contributed by atoms with E-state index in [2.05, 4.69) is 16.4 Å². The number of carbonyl (C=O) groups excluding carboxylic acids is 3. The van der Waals surface area contributed by atoms with Gasteiger partial charge in [0.1, 0.15) is 17.7 Å². The Morgan fingerprint density at radius 3 is 2.60 bits per heavy atom. The highest BCUT2D eigenvalue weighted by Crippen LogP contribution is 2.50. The van der Waals surface area contributed by atoms with E-state index in [0.717, 1.165) is 0 Å². The molecule has 0 unspecified atom stereocenters. The van der Waals surface area contributed by atoms with Crippen molar-refractivity contribution in [3.8, 4) is 11.9 Å². The molecule has 0 radical (unpaired) electrons. The molecule has 1 aromatic carbocycles. The molecule has 242 valence electrons. The highest BCUT2D eigenvalue weighted by molar-refractivity contribution is 5.92. The van der Waals surface area contributed by atoms with E-state index in [1.165, 1.54) is 24.0 Å². The first-order valence-electron chi connectivity index (χ1n) is 15.8. The van der Waals surface area contributed by atoms with Crippen molar-refractivity contribution in [1.29, 1.82) is 5.26 Å². The number of nitrogens with one attached hydrogen (secondary N) is 1. The number of hydrogen-bond donors (Lipinski definition) is 1. The van der Waals surface area contributed by atoms with Crippen molar-refractivity contribution >= 4 is 28.7 Å². The summed E-state index contributed by atoms with van der Waals surface area (Å²) in [7, 11) is 0. The monoisotopic (exact) mass is 624 g/mol. The predicted molar refractivity (Wildman–Crippen MR) is 163 cm³/mol. The molecule has 6 atom stereocenters. The Morgan fingerprint density at radius 1 is 1.22 bits per heavy atom. The zero-order valence-corrected chi connectivity index (χ0v) is 26.8. The molecule has 3 aliphatic rings. The molecule has 2 fully saturated rings. The standard InChI is InChI=1S/C34H42F2N4O5/c1-7-23-26-18-40(27(23)19(2)41)30(42)28(32(3,4)5)39-31(43)45-33(6)16-22(33)10-8-9-13-34(35,36)24-15-21-12-11-20(17-37)14-25(21)38-29(24)44-26/h11-12,14-15,22-23,26-28H,7-10,13,16,18H2,1-6H3,(H,39,43)/t22-,23-,26+,27-,28-,33-/m1/s1. The second kappa shape index (κ2) is 11.8. The zero-order chi connectivity index (χ0) is 32.9. The highest BCUT2D eigenvalue weighted by Gasteiger charge is 2.55. The average molecular weight is 625 g/mol. The van der Waals surface area contributed by atoms with Crippen LogP contribution in [0, 0.1) is 28.6 Å². The number of ketones is 1. The molecule has 1 N–H and O–H groups in total. The fourth-order valence-corrected chi connectivity index (χ4v) is 6.96. The van der Waals surface area contributed by atoms with Gasteiger partial charge >= 0.3 is 6.09 Å². The van der Waals surface area contributed by atoms with Gasteiger partial charge < -0.3 is 19.7 Å². The zero-order valence-electron chi connectivity index (χ0n) is 26.8. The minimum atomic E-state index is -3.29. The number of nitrogens with zero attached hydrogens (tertiary/aromatic N) is 3. The fourth-order valence-electron chi connectivity index (χ4n) is 6.96. The first-order valence-corrected chi connectivity index (χ1v) is 15.8. The number of aromatic nitrogens is 1. The summed E-state index contributed by atoms with van der Waals surface area (Å²) in [6, 6.07) is 6.18. The second-order valence-electron chi connectivity index (χ2n) is 14.1. The van der Waals surface area contributed by atoms with Crippen LogP contribution in [0.1, 0.15) is 91.2 Å². The Morgan fingerprint density at radius 2 is 1.96 bits per heavy atom. The lowest BCUT2D eigenvalue weighted by Crippen LogP contribution is -2.57. The molecule has 1 saturated heterocycles. The maximum Gasteiger partial charge on any atom is 0.408 e. The number of hydrogen-bond acceptors (Lipinski definition) is 7. The van der Waals surface area contributed by atoms with Crippen LogP contribution < -0.4 is 10.1 Å². The maximum absolute atomic E-state index is 16.0. The molecule has 45 heavy (non-hydrogen) atoms. The summed E-state index contributed by atoms with van der Waals surface area (Å²) in [6.07, 6.45) is 0.414. The molecule has 2 aromatic rings. The summed E-state index contributed by atoms with van der Waals surface area (Å²) in [5.74, 6) is -4.79. The molecular formula is C34H42F2N4O5. The van der Waals surface area contributed by atoms with E-state index in [0.29, 0.717) is 42.1 Å². The van der Waals surface area contributed by atoms with Crippen LogP contribution in [0.2, 0.25) is 0 Å².